The van der Waals surface area contributed by atoms with Gasteiger partial charge in [0.25, 0.3) is 0 Å². The van der Waals surface area contributed by atoms with Crippen molar-refractivity contribution in [1.82, 2.24) is 0 Å². The highest BCUT2D eigenvalue weighted by atomic mass is 19.3. The second-order valence-electron chi connectivity index (χ2n) is 8.08. The van der Waals surface area contributed by atoms with Gasteiger partial charge in [-0.3, -0.25) is 4.79 Å². The van der Waals surface area contributed by atoms with E-state index in [1.165, 1.54) is 31.2 Å². The molecule has 0 spiro atoms. The van der Waals surface area contributed by atoms with Gasteiger partial charge in [-0.1, -0.05) is 48.5 Å². The fraction of sp³-hybridized carbons (Fsp3) is 0.391. The second kappa shape index (κ2) is 8.45. The highest BCUT2D eigenvalue weighted by molar-refractivity contribution is 5.96. The largest absolute Gasteiger partial charge is 0.449 e. The summed E-state index contributed by atoms with van der Waals surface area (Å²) >= 11 is 0. The Morgan fingerprint density at radius 1 is 1.10 bits per heavy atom. The van der Waals surface area contributed by atoms with E-state index in [1.807, 2.05) is 0 Å². The van der Waals surface area contributed by atoms with Gasteiger partial charge < -0.3 is 19.9 Å². The quantitative estimate of drug-likeness (QED) is 0.673. The lowest BCUT2D eigenvalue weighted by atomic mass is 9.83. The van der Waals surface area contributed by atoms with Crippen molar-refractivity contribution >= 4 is 11.8 Å². The Hall–Kier alpha value is -2.68. The van der Waals surface area contributed by atoms with E-state index in [0.29, 0.717) is 0 Å². The standard InChI is InChI=1S/C23H25F2NO5/c1-21(2)29-14-17(31-21)18(30-19(27)15-10-6-4-7-11-15)23(24,25)20(28)22(3,26)16-12-8-5-9-13-16/h4-13,17-18H,14,26H2,1-3H3/t17-,18-,22-/m1/s1. The minimum absolute atomic E-state index is 0.0625. The molecule has 6 nitrogen and oxygen atoms in total. The molecule has 0 saturated carbocycles. The number of carbonyl (C=O) groups excluding carboxylic acids is 2. The lowest BCUT2D eigenvalue weighted by Crippen LogP contribution is -2.59. The Balaban J connectivity index is 1.95. The van der Waals surface area contributed by atoms with Gasteiger partial charge >= 0.3 is 11.9 Å². The molecule has 0 aromatic heterocycles. The number of ether oxygens (including phenoxy) is 3. The summed E-state index contributed by atoms with van der Waals surface area (Å²) in [6.07, 6.45) is -3.60. The van der Waals surface area contributed by atoms with E-state index in [-0.39, 0.29) is 17.7 Å². The minimum Gasteiger partial charge on any atom is -0.449 e. The summed E-state index contributed by atoms with van der Waals surface area (Å²) in [6.45, 7) is 4.00. The predicted molar refractivity (Wildman–Crippen MR) is 108 cm³/mol. The summed E-state index contributed by atoms with van der Waals surface area (Å²) < 4.78 is 47.3. The summed E-state index contributed by atoms with van der Waals surface area (Å²) in [5, 5.41) is 0. The Morgan fingerprint density at radius 3 is 2.16 bits per heavy atom. The molecular formula is C23H25F2NO5. The summed E-state index contributed by atoms with van der Waals surface area (Å²) in [5.41, 5.74) is 4.29. The lowest BCUT2D eigenvalue weighted by Gasteiger charge is -2.34. The summed E-state index contributed by atoms with van der Waals surface area (Å²) in [7, 11) is 0. The molecule has 2 N–H and O–H groups in total. The number of benzene rings is 2. The predicted octanol–water partition coefficient (Wildman–Crippen LogP) is 3.44. The van der Waals surface area contributed by atoms with Gasteiger partial charge in [0.2, 0.25) is 11.9 Å². The van der Waals surface area contributed by atoms with Crippen LogP contribution in [0.3, 0.4) is 0 Å². The third kappa shape index (κ3) is 4.81. The van der Waals surface area contributed by atoms with Crippen LogP contribution in [0.5, 0.6) is 0 Å². The molecule has 3 rings (SSSR count). The Morgan fingerprint density at radius 2 is 1.65 bits per heavy atom. The lowest BCUT2D eigenvalue weighted by molar-refractivity contribution is -0.197. The minimum atomic E-state index is -4.15. The fourth-order valence-corrected chi connectivity index (χ4v) is 3.40. The molecule has 3 atom stereocenters. The van der Waals surface area contributed by atoms with Crippen LogP contribution in [0.1, 0.15) is 36.7 Å². The molecule has 0 bridgehead atoms. The van der Waals surface area contributed by atoms with Crippen LogP contribution in [0.4, 0.5) is 8.78 Å². The number of hydrogen-bond acceptors (Lipinski definition) is 6. The number of rotatable bonds is 7. The van der Waals surface area contributed by atoms with Crippen LogP contribution < -0.4 is 5.73 Å². The monoisotopic (exact) mass is 433 g/mol. The average Bonchev–Trinajstić information content (AvgIpc) is 3.11. The maximum absolute atomic E-state index is 15.6. The van der Waals surface area contributed by atoms with E-state index in [9.17, 15) is 9.59 Å². The molecule has 1 aliphatic rings. The molecule has 0 amide bonds. The first-order valence-electron chi connectivity index (χ1n) is 9.80. The van der Waals surface area contributed by atoms with Crippen molar-refractivity contribution in [3.05, 3.63) is 71.8 Å². The number of halogens is 2. The highest BCUT2D eigenvalue weighted by Crippen LogP contribution is 2.37. The number of Topliss-reactive ketones (excluding diaryl/α,β-unsaturated/α-hetero) is 1. The van der Waals surface area contributed by atoms with Crippen molar-refractivity contribution in [2.75, 3.05) is 6.61 Å². The molecule has 1 aliphatic heterocycles. The Kier molecular flexibility index (Phi) is 6.27. The van der Waals surface area contributed by atoms with Crippen molar-refractivity contribution in [2.24, 2.45) is 5.73 Å². The third-order valence-electron chi connectivity index (χ3n) is 5.12. The molecule has 2 aromatic carbocycles. The molecule has 1 heterocycles. The van der Waals surface area contributed by atoms with Crippen LogP contribution in [0.15, 0.2) is 60.7 Å². The topological polar surface area (TPSA) is 87.9 Å². The summed E-state index contributed by atoms with van der Waals surface area (Å²) in [4.78, 5) is 25.6. The zero-order valence-corrected chi connectivity index (χ0v) is 17.5. The van der Waals surface area contributed by atoms with Gasteiger partial charge in [0.15, 0.2) is 5.79 Å². The van der Waals surface area contributed by atoms with Gasteiger partial charge in [-0.15, -0.1) is 0 Å². The van der Waals surface area contributed by atoms with Crippen LogP contribution in [0.25, 0.3) is 0 Å². The molecule has 166 valence electrons. The Labute approximate surface area is 179 Å². The van der Waals surface area contributed by atoms with Gasteiger partial charge in [0.05, 0.1) is 12.2 Å². The first kappa shape index (κ1) is 23.0. The molecule has 1 saturated heterocycles. The van der Waals surface area contributed by atoms with Gasteiger partial charge in [0.1, 0.15) is 11.6 Å². The number of nitrogens with two attached hydrogens (primary N) is 1. The highest BCUT2D eigenvalue weighted by Gasteiger charge is 2.60. The van der Waals surface area contributed by atoms with Crippen LogP contribution in [-0.2, 0) is 24.5 Å². The number of ketones is 1. The van der Waals surface area contributed by atoms with Crippen LogP contribution in [0, 0.1) is 0 Å². The maximum atomic E-state index is 15.6. The van der Waals surface area contributed by atoms with Crippen molar-refractivity contribution in [3.63, 3.8) is 0 Å². The van der Waals surface area contributed by atoms with E-state index in [4.69, 9.17) is 19.9 Å². The van der Waals surface area contributed by atoms with E-state index < -0.39 is 41.2 Å². The molecule has 1 fully saturated rings. The molecule has 2 aromatic rings. The normalized spacial score (nSPS) is 21.2. The van der Waals surface area contributed by atoms with Gasteiger partial charge in [0, 0.05) is 0 Å². The number of alkyl halides is 2. The van der Waals surface area contributed by atoms with Crippen LogP contribution in [-0.4, -0.2) is 42.3 Å². The first-order chi connectivity index (χ1) is 14.4. The van der Waals surface area contributed by atoms with Crippen molar-refractivity contribution in [3.8, 4) is 0 Å². The fourth-order valence-electron chi connectivity index (χ4n) is 3.40. The smallest absolute Gasteiger partial charge is 0.346 e. The van der Waals surface area contributed by atoms with Gasteiger partial charge in [-0.25, -0.2) is 4.79 Å². The zero-order valence-electron chi connectivity index (χ0n) is 17.5. The molecule has 0 aliphatic carbocycles. The van der Waals surface area contributed by atoms with E-state index >= 15 is 8.78 Å². The number of carbonyl (C=O) groups is 2. The number of hydrogen-bond donors (Lipinski definition) is 1. The number of esters is 1. The van der Waals surface area contributed by atoms with E-state index in [0.717, 1.165) is 0 Å². The van der Waals surface area contributed by atoms with Crippen LogP contribution in [0.2, 0.25) is 0 Å². The maximum Gasteiger partial charge on any atom is 0.346 e. The van der Waals surface area contributed by atoms with Gasteiger partial charge in [-0.05, 0) is 38.5 Å². The second-order valence-corrected chi connectivity index (χ2v) is 8.08. The molecule has 0 radical (unpaired) electrons. The van der Waals surface area contributed by atoms with E-state index in [1.54, 1.807) is 50.2 Å². The average molecular weight is 433 g/mol. The first-order valence-corrected chi connectivity index (χ1v) is 9.80. The van der Waals surface area contributed by atoms with Gasteiger partial charge in [-0.2, -0.15) is 8.78 Å². The Bertz CT molecular complexity index is 931. The third-order valence-corrected chi connectivity index (χ3v) is 5.12. The van der Waals surface area contributed by atoms with Crippen LogP contribution >= 0.6 is 0 Å². The molecule has 0 unspecified atom stereocenters. The molecule has 31 heavy (non-hydrogen) atoms. The SMILES string of the molecule is CC1(C)OC[C@H]([C@@H](OC(=O)c2ccccc2)C(F)(F)C(=O)[C@](C)(N)c2ccccc2)O1. The van der Waals surface area contributed by atoms with E-state index in [2.05, 4.69) is 0 Å². The molecule has 8 heteroatoms. The van der Waals surface area contributed by atoms with Crippen molar-refractivity contribution in [1.29, 1.82) is 0 Å². The summed E-state index contributed by atoms with van der Waals surface area (Å²) in [5.74, 6) is -7.93. The summed E-state index contributed by atoms with van der Waals surface area (Å²) in [6, 6.07) is 15.5. The molecular weight excluding hydrogens is 408 g/mol. The zero-order chi connectivity index (χ0) is 22.9. The van der Waals surface area contributed by atoms with Crippen molar-refractivity contribution in [2.45, 2.75) is 50.2 Å². The van der Waals surface area contributed by atoms with Crippen molar-refractivity contribution < 1.29 is 32.6 Å².